The second kappa shape index (κ2) is 5.96. The van der Waals surface area contributed by atoms with Gasteiger partial charge >= 0.3 is 0 Å². The number of fused-ring (bicyclic) bond motifs is 3. The van der Waals surface area contributed by atoms with Gasteiger partial charge in [0.2, 0.25) is 0 Å². The Hall–Kier alpha value is -2.31. The van der Waals surface area contributed by atoms with Gasteiger partial charge in [-0.15, -0.1) is 11.8 Å². The van der Waals surface area contributed by atoms with E-state index in [1.54, 1.807) is 41.5 Å². The van der Waals surface area contributed by atoms with Crippen LogP contribution >= 0.6 is 11.8 Å². The molecule has 0 bridgehead atoms. The standard InChI is InChI=1S/C18H15FN2O2S/c19-13-4-5-15-14(9-13)17-16(6-7-24-17)21(15)10-11-2-1-3-12(8-11)18(22)20-23/h1-5,8-9,23H,6-7,10H2,(H,20,22). The van der Waals surface area contributed by atoms with Crippen LogP contribution < -0.4 is 5.48 Å². The number of hydrogen-bond acceptors (Lipinski definition) is 3. The zero-order chi connectivity index (χ0) is 16.7. The van der Waals surface area contributed by atoms with Crippen molar-refractivity contribution in [2.24, 2.45) is 0 Å². The summed E-state index contributed by atoms with van der Waals surface area (Å²) in [4.78, 5) is 12.8. The lowest BCUT2D eigenvalue weighted by molar-refractivity contribution is 0.0706. The van der Waals surface area contributed by atoms with E-state index in [9.17, 15) is 9.18 Å². The summed E-state index contributed by atoms with van der Waals surface area (Å²) >= 11 is 1.76. The number of carbonyl (C=O) groups excluding carboxylic acids is 1. The predicted octanol–water partition coefficient (Wildman–Crippen LogP) is 3.60. The molecule has 0 saturated carbocycles. The van der Waals surface area contributed by atoms with E-state index in [0.717, 1.165) is 33.5 Å². The van der Waals surface area contributed by atoms with Crippen molar-refractivity contribution in [3.63, 3.8) is 0 Å². The summed E-state index contributed by atoms with van der Waals surface area (Å²) in [5.74, 6) is 0.248. The van der Waals surface area contributed by atoms with Gasteiger partial charge in [-0.3, -0.25) is 10.0 Å². The molecule has 1 aromatic heterocycles. The molecule has 122 valence electrons. The first-order valence-corrected chi connectivity index (χ1v) is 8.63. The third-order valence-electron chi connectivity index (χ3n) is 4.30. The van der Waals surface area contributed by atoms with Crippen molar-refractivity contribution in [3.8, 4) is 0 Å². The highest BCUT2D eigenvalue weighted by atomic mass is 32.2. The molecular weight excluding hydrogens is 327 g/mol. The number of aromatic nitrogens is 1. The quantitative estimate of drug-likeness (QED) is 0.565. The summed E-state index contributed by atoms with van der Waals surface area (Å²) in [5, 5.41) is 9.74. The van der Waals surface area contributed by atoms with E-state index in [2.05, 4.69) is 4.57 Å². The van der Waals surface area contributed by atoms with Crippen LogP contribution in [0.5, 0.6) is 0 Å². The maximum Gasteiger partial charge on any atom is 0.274 e. The van der Waals surface area contributed by atoms with Crippen LogP contribution in [0.4, 0.5) is 4.39 Å². The molecule has 2 heterocycles. The summed E-state index contributed by atoms with van der Waals surface area (Å²) in [6, 6.07) is 12.0. The number of benzene rings is 2. The molecule has 4 nitrogen and oxygen atoms in total. The van der Waals surface area contributed by atoms with E-state index in [0.29, 0.717) is 12.1 Å². The molecule has 0 unspecified atom stereocenters. The third kappa shape index (κ3) is 2.48. The Balaban J connectivity index is 1.79. The van der Waals surface area contributed by atoms with Crippen LogP contribution in [0, 0.1) is 5.82 Å². The summed E-state index contributed by atoms with van der Waals surface area (Å²) < 4.78 is 15.8. The number of hydrogen-bond donors (Lipinski definition) is 2. The van der Waals surface area contributed by atoms with Gasteiger partial charge in [0.1, 0.15) is 5.82 Å². The molecule has 2 N–H and O–H groups in total. The molecule has 1 aliphatic rings. The van der Waals surface area contributed by atoms with Crippen LogP contribution in [-0.2, 0) is 13.0 Å². The Kier molecular flexibility index (Phi) is 3.78. The summed E-state index contributed by atoms with van der Waals surface area (Å²) in [7, 11) is 0. The lowest BCUT2D eigenvalue weighted by Crippen LogP contribution is -2.18. The number of hydroxylamine groups is 1. The Morgan fingerprint density at radius 2 is 2.17 bits per heavy atom. The van der Waals surface area contributed by atoms with Gasteiger partial charge in [0, 0.05) is 39.4 Å². The lowest BCUT2D eigenvalue weighted by Gasteiger charge is -2.10. The van der Waals surface area contributed by atoms with Crippen molar-refractivity contribution >= 4 is 28.6 Å². The molecule has 3 aromatic rings. The van der Waals surface area contributed by atoms with E-state index in [4.69, 9.17) is 5.21 Å². The Labute approximate surface area is 142 Å². The van der Waals surface area contributed by atoms with Gasteiger partial charge in [0.25, 0.3) is 5.91 Å². The number of thioether (sulfide) groups is 1. The first-order valence-electron chi connectivity index (χ1n) is 7.64. The fourth-order valence-corrected chi connectivity index (χ4v) is 4.44. The first kappa shape index (κ1) is 15.2. The monoisotopic (exact) mass is 342 g/mol. The van der Waals surface area contributed by atoms with Gasteiger partial charge in [0.15, 0.2) is 0 Å². The van der Waals surface area contributed by atoms with E-state index in [1.807, 2.05) is 12.1 Å². The largest absolute Gasteiger partial charge is 0.339 e. The highest BCUT2D eigenvalue weighted by Crippen LogP contribution is 2.40. The Bertz CT molecular complexity index is 952. The average Bonchev–Trinajstić information content (AvgIpc) is 3.17. The van der Waals surface area contributed by atoms with Crippen molar-refractivity contribution in [2.75, 3.05) is 5.75 Å². The molecule has 4 rings (SSSR count). The van der Waals surface area contributed by atoms with E-state index >= 15 is 0 Å². The summed E-state index contributed by atoms with van der Waals surface area (Å²) in [6.45, 7) is 0.602. The van der Waals surface area contributed by atoms with Crippen LogP contribution in [-0.4, -0.2) is 21.4 Å². The Morgan fingerprint density at radius 3 is 3.00 bits per heavy atom. The summed E-state index contributed by atoms with van der Waals surface area (Å²) in [5.41, 5.74) is 5.24. The molecule has 1 amide bonds. The maximum absolute atomic E-state index is 13.6. The van der Waals surface area contributed by atoms with Crippen molar-refractivity contribution in [2.45, 2.75) is 17.9 Å². The van der Waals surface area contributed by atoms with Crippen molar-refractivity contribution in [1.82, 2.24) is 10.0 Å². The molecule has 0 saturated heterocycles. The van der Waals surface area contributed by atoms with Gasteiger partial charge in [0.05, 0.1) is 0 Å². The minimum absolute atomic E-state index is 0.225. The molecule has 0 aliphatic carbocycles. The fraction of sp³-hybridized carbons (Fsp3) is 0.167. The van der Waals surface area contributed by atoms with Gasteiger partial charge in [-0.05, 0) is 42.3 Å². The van der Waals surface area contributed by atoms with Crippen molar-refractivity contribution < 1.29 is 14.4 Å². The topological polar surface area (TPSA) is 54.3 Å². The highest BCUT2D eigenvalue weighted by Gasteiger charge is 2.22. The smallest absolute Gasteiger partial charge is 0.274 e. The van der Waals surface area contributed by atoms with Gasteiger partial charge < -0.3 is 4.57 Å². The molecule has 0 fully saturated rings. The summed E-state index contributed by atoms with van der Waals surface area (Å²) in [6.07, 6.45) is 0.952. The lowest BCUT2D eigenvalue weighted by atomic mass is 10.1. The minimum atomic E-state index is -0.530. The van der Waals surface area contributed by atoms with Crippen LogP contribution in [0.3, 0.4) is 0 Å². The molecular formula is C18H15FN2O2S. The minimum Gasteiger partial charge on any atom is -0.339 e. The molecule has 24 heavy (non-hydrogen) atoms. The van der Waals surface area contributed by atoms with Crippen LogP contribution in [0.25, 0.3) is 10.9 Å². The molecule has 0 atom stereocenters. The van der Waals surface area contributed by atoms with Crippen molar-refractivity contribution in [3.05, 3.63) is 65.1 Å². The molecule has 6 heteroatoms. The SMILES string of the molecule is O=C(NO)c1cccc(Cn2c3c(c4cc(F)ccc42)SCC3)c1. The van der Waals surface area contributed by atoms with Gasteiger partial charge in [-0.2, -0.15) is 0 Å². The number of carbonyl (C=O) groups is 1. The van der Waals surface area contributed by atoms with Gasteiger partial charge in [-0.25, -0.2) is 9.87 Å². The van der Waals surface area contributed by atoms with E-state index < -0.39 is 5.91 Å². The number of halogens is 1. The molecule has 2 aromatic carbocycles. The second-order valence-electron chi connectivity index (χ2n) is 5.76. The second-order valence-corrected chi connectivity index (χ2v) is 6.87. The van der Waals surface area contributed by atoms with E-state index in [-0.39, 0.29) is 5.82 Å². The zero-order valence-electron chi connectivity index (χ0n) is 12.8. The average molecular weight is 342 g/mol. The Morgan fingerprint density at radius 1 is 1.29 bits per heavy atom. The number of rotatable bonds is 3. The third-order valence-corrected chi connectivity index (χ3v) is 5.45. The van der Waals surface area contributed by atoms with Crippen LogP contribution in [0.1, 0.15) is 21.6 Å². The molecule has 1 aliphatic heterocycles. The van der Waals surface area contributed by atoms with E-state index in [1.165, 1.54) is 11.8 Å². The molecule has 0 radical (unpaired) electrons. The normalized spacial score (nSPS) is 13.2. The molecule has 0 spiro atoms. The predicted molar refractivity (Wildman–Crippen MR) is 91.1 cm³/mol. The van der Waals surface area contributed by atoms with Crippen LogP contribution in [0.15, 0.2) is 47.4 Å². The van der Waals surface area contributed by atoms with Crippen molar-refractivity contribution in [1.29, 1.82) is 0 Å². The fourth-order valence-electron chi connectivity index (χ4n) is 3.25. The first-order chi connectivity index (χ1) is 11.7. The number of nitrogens with one attached hydrogen (secondary N) is 1. The van der Waals surface area contributed by atoms with Crippen LogP contribution in [0.2, 0.25) is 0 Å². The maximum atomic E-state index is 13.6. The number of nitrogens with zero attached hydrogens (tertiary/aromatic N) is 1. The van der Waals surface area contributed by atoms with Gasteiger partial charge in [-0.1, -0.05) is 12.1 Å². The highest BCUT2D eigenvalue weighted by molar-refractivity contribution is 7.99. The number of amides is 1. The zero-order valence-corrected chi connectivity index (χ0v) is 13.6.